The molecule has 4 aromatic rings. The number of carbonyl (C=O) groups is 1. The summed E-state index contributed by atoms with van der Waals surface area (Å²) in [6.07, 6.45) is 0. The summed E-state index contributed by atoms with van der Waals surface area (Å²) < 4.78 is 4.31. The SMILES string of the molecule is CC(C)NC(=O)C(C)Sc1nnc(CSc2nc3ccccc3s2)n1Cc1ccccc1. The van der Waals surface area contributed by atoms with Crippen LogP contribution in [0.3, 0.4) is 0 Å². The van der Waals surface area contributed by atoms with E-state index in [1.165, 1.54) is 22.0 Å². The van der Waals surface area contributed by atoms with E-state index < -0.39 is 0 Å². The van der Waals surface area contributed by atoms with Gasteiger partial charge >= 0.3 is 0 Å². The highest BCUT2D eigenvalue weighted by Gasteiger charge is 2.21. The van der Waals surface area contributed by atoms with Crippen LogP contribution in [0.1, 0.15) is 32.2 Å². The third kappa shape index (κ3) is 5.70. The third-order valence-electron chi connectivity index (χ3n) is 4.66. The first-order valence-corrected chi connectivity index (χ1v) is 13.1. The van der Waals surface area contributed by atoms with Crippen LogP contribution in [0, 0.1) is 0 Å². The minimum atomic E-state index is -0.263. The molecule has 1 amide bonds. The normalized spacial score (nSPS) is 12.4. The molecule has 0 bridgehead atoms. The number of thioether (sulfide) groups is 2. The smallest absolute Gasteiger partial charge is 0.233 e. The van der Waals surface area contributed by atoms with Gasteiger partial charge in [0.2, 0.25) is 5.91 Å². The second-order valence-electron chi connectivity index (χ2n) is 7.63. The second kappa shape index (κ2) is 10.5. The molecular formula is C23H25N5OS3. The number of hydrogen-bond acceptors (Lipinski definition) is 7. The van der Waals surface area contributed by atoms with Crippen LogP contribution in [-0.2, 0) is 17.1 Å². The van der Waals surface area contributed by atoms with Gasteiger partial charge in [-0.25, -0.2) is 4.98 Å². The predicted octanol–water partition coefficient (Wildman–Crippen LogP) is 5.23. The van der Waals surface area contributed by atoms with E-state index in [2.05, 4.69) is 38.3 Å². The Balaban J connectivity index is 1.54. The van der Waals surface area contributed by atoms with Gasteiger partial charge in [0.15, 0.2) is 9.50 Å². The second-order valence-corrected chi connectivity index (χ2v) is 11.2. The van der Waals surface area contributed by atoms with Crippen molar-refractivity contribution in [1.82, 2.24) is 25.1 Å². The molecule has 32 heavy (non-hydrogen) atoms. The van der Waals surface area contributed by atoms with Crippen LogP contribution < -0.4 is 5.32 Å². The van der Waals surface area contributed by atoms with Crippen LogP contribution in [0.5, 0.6) is 0 Å². The maximum absolute atomic E-state index is 12.4. The quantitative estimate of drug-likeness (QED) is 0.329. The molecule has 0 fully saturated rings. The first-order valence-electron chi connectivity index (χ1n) is 10.4. The predicted molar refractivity (Wildman–Crippen MR) is 133 cm³/mol. The van der Waals surface area contributed by atoms with Crippen molar-refractivity contribution >= 4 is 51.0 Å². The van der Waals surface area contributed by atoms with Crippen molar-refractivity contribution in [2.24, 2.45) is 0 Å². The molecular weight excluding hydrogens is 458 g/mol. The van der Waals surface area contributed by atoms with E-state index in [0.29, 0.717) is 12.3 Å². The topological polar surface area (TPSA) is 72.7 Å². The molecule has 0 aliphatic rings. The molecule has 0 saturated carbocycles. The monoisotopic (exact) mass is 483 g/mol. The molecule has 9 heteroatoms. The Hall–Kier alpha value is -2.36. The number of amides is 1. The molecule has 0 spiro atoms. The largest absolute Gasteiger partial charge is 0.353 e. The van der Waals surface area contributed by atoms with E-state index >= 15 is 0 Å². The van der Waals surface area contributed by atoms with Crippen molar-refractivity contribution in [1.29, 1.82) is 0 Å². The summed E-state index contributed by atoms with van der Waals surface area (Å²) in [7, 11) is 0. The summed E-state index contributed by atoms with van der Waals surface area (Å²) in [6, 6.07) is 18.5. The van der Waals surface area contributed by atoms with Crippen LogP contribution in [-0.4, -0.2) is 36.9 Å². The Morgan fingerprint density at radius 1 is 1.06 bits per heavy atom. The van der Waals surface area contributed by atoms with Gasteiger partial charge in [0.1, 0.15) is 5.82 Å². The lowest BCUT2D eigenvalue weighted by molar-refractivity contribution is -0.120. The Bertz CT molecular complexity index is 1160. The van der Waals surface area contributed by atoms with Gasteiger partial charge in [-0.1, -0.05) is 66.0 Å². The van der Waals surface area contributed by atoms with E-state index in [9.17, 15) is 4.79 Å². The van der Waals surface area contributed by atoms with Crippen molar-refractivity contribution in [2.45, 2.75) is 53.9 Å². The summed E-state index contributed by atoms with van der Waals surface area (Å²) in [5.41, 5.74) is 2.19. The number of rotatable bonds is 9. The van der Waals surface area contributed by atoms with E-state index in [1.807, 2.05) is 57.2 Å². The molecule has 0 aliphatic carbocycles. The van der Waals surface area contributed by atoms with E-state index in [1.54, 1.807) is 23.1 Å². The fourth-order valence-corrected chi connectivity index (χ4v) is 5.97. The fraction of sp³-hybridized carbons (Fsp3) is 0.304. The Morgan fingerprint density at radius 3 is 2.56 bits per heavy atom. The van der Waals surface area contributed by atoms with Crippen LogP contribution >= 0.6 is 34.9 Å². The highest BCUT2D eigenvalue weighted by atomic mass is 32.2. The molecule has 1 N–H and O–H groups in total. The molecule has 166 valence electrons. The summed E-state index contributed by atoms with van der Waals surface area (Å²) in [5, 5.41) is 12.4. The van der Waals surface area contributed by atoms with Crippen LogP contribution in [0.25, 0.3) is 10.2 Å². The highest BCUT2D eigenvalue weighted by molar-refractivity contribution is 8.00. The average molecular weight is 484 g/mol. The first-order chi connectivity index (χ1) is 15.5. The zero-order chi connectivity index (χ0) is 22.5. The van der Waals surface area contributed by atoms with Gasteiger partial charge < -0.3 is 9.88 Å². The number of aromatic nitrogens is 4. The summed E-state index contributed by atoms with van der Waals surface area (Å²) in [5.74, 6) is 1.54. The molecule has 2 aromatic heterocycles. The lowest BCUT2D eigenvalue weighted by Crippen LogP contribution is -2.36. The molecule has 4 rings (SSSR count). The Labute approximate surface area is 200 Å². The minimum absolute atomic E-state index is 0.00432. The van der Waals surface area contributed by atoms with Crippen LogP contribution in [0.4, 0.5) is 0 Å². The van der Waals surface area contributed by atoms with Crippen molar-refractivity contribution in [3.8, 4) is 0 Å². The average Bonchev–Trinajstić information content (AvgIpc) is 3.36. The van der Waals surface area contributed by atoms with Gasteiger partial charge in [-0.2, -0.15) is 0 Å². The summed E-state index contributed by atoms with van der Waals surface area (Å²) in [4.78, 5) is 17.1. The maximum Gasteiger partial charge on any atom is 0.233 e. The molecule has 1 atom stereocenters. The fourth-order valence-electron chi connectivity index (χ4n) is 3.09. The lowest BCUT2D eigenvalue weighted by Gasteiger charge is -2.15. The minimum Gasteiger partial charge on any atom is -0.353 e. The Morgan fingerprint density at radius 2 is 1.81 bits per heavy atom. The zero-order valence-electron chi connectivity index (χ0n) is 18.2. The molecule has 2 heterocycles. The number of nitrogens with one attached hydrogen (secondary N) is 1. The molecule has 1 unspecified atom stereocenters. The molecule has 0 radical (unpaired) electrons. The number of benzene rings is 2. The van der Waals surface area contributed by atoms with Gasteiger partial charge in [-0.15, -0.1) is 21.5 Å². The Kier molecular flexibility index (Phi) is 7.49. The molecule has 6 nitrogen and oxygen atoms in total. The number of thiazole rings is 1. The van der Waals surface area contributed by atoms with E-state index in [4.69, 9.17) is 4.98 Å². The van der Waals surface area contributed by atoms with Gasteiger partial charge in [-0.3, -0.25) is 4.79 Å². The first kappa shape index (κ1) is 22.8. The van der Waals surface area contributed by atoms with Gasteiger partial charge in [0.25, 0.3) is 0 Å². The van der Waals surface area contributed by atoms with E-state index in [-0.39, 0.29) is 17.2 Å². The van der Waals surface area contributed by atoms with Crippen molar-refractivity contribution in [3.05, 3.63) is 66.0 Å². The molecule has 0 aliphatic heterocycles. The van der Waals surface area contributed by atoms with Crippen molar-refractivity contribution < 1.29 is 4.79 Å². The van der Waals surface area contributed by atoms with Crippen LogP contribution in [0.2, 0.25) is 0 Å². The lowest BCUT2D eigenvalue weighted by atomic mass is 10.2. The van der Waals surface area contributed by atoms with E-state index in [0.717, 1.165) is 20.8 Å². The standard InChI is InChI=1S/C23H25N5OS3/c1-15(2)24-21(29)16(3)31-22-27-26-20(28(22)13-17-9-5-4-6-10-17)14-30-23-25-18-11-7-8-12-19(18)32-23/h4-12,15-16H,13-14H2,1-3H3,(H,24,29). The number of fused-ring (bicyclic) bond motifs is 1. The third-order valence-corrected chi connectivity index (χ3v) is 7.91. The number of para-hydroxylation sites is 1. The molecule has 2 aromatic carbocycles. The van der Waals surface area contributed by atoms with Gasteiger partial charge in [-0.05, 0) is 38.5 Å². The zero-order valence-corrected chi connectivity index (χ0v) is 20.6. The van der Waals surface area contributed by atoms with Crippen LogP contribution in [0.15, 0.2) is 64.1 Å². The number of nitrogens with zero attached hydrogens (tertiary/aromatic N) is 4. The van der Waals surface area contributed by atoms with Gasteiger partial charge in [0, 0.05) is 6.04 Å². The maximum atomic E-state index is 12.4. The van der Waals surface area contributed by atoms with Crippen molar-refractivity contribution in [3.63, 3.8) is 0 Å². The van der Waals surface area contributed by atoms with Gasteiger partial charge in [0.05, 0.1) is 27.8 Å². The summed E-state index contributed by atoms with van der Waals surface area (Å²) in [6.45, 7) is 6.49. The number of hydrogen-bond donors (Lipinski definition) is 1. The summed E-state index contributed by atoms with van der Waals surface area (Å²) >= 11 is 4.80. The van der Waals surface area contributed by atoms with Crippen molar-refractivity contribution in [2.75, 3.05) is 0 Å². The molecule has 0 saturated heterocycles. The highest BCUT2D eigenvalue weighted by Crippen LogP contribution is 2.32. The number of carbonyl (C=O) groups excluding carboxylic acids is 1.